The second-order valence-corrected chi connectivity index (χ2v) is 7.35. The van der Waals surface area contributed by atoms with Gasteiger partial charge in [-0.25, -0.2) is 0 Å². The SMILES string of the molecule is Oc1cccc2c1CC[C@H]1[C@@H]2CCN1CC1CCCCC1. The van der Waals surface area contributed by atoms with E-state index in [0.717, 1.165) is 18.4 Å². The lowest BCUT2D eigenvalue weighted by Crippen LogP contribution is -2.38. The molecule has 1 heterocycles. The topological polar surface area (TPSA) is 23.5 Å². The maximum atomic E-state index is 10.1. The molecule has 1 aromatic carbocycles. The van der Waals surface area contributed by atoms with Crippen LogP contribution in [0.15, 0.2) is 18.2 Å². The van der Waals surface area contributed by atoms with Crippen molar-refractivity contribution in [1.82, 2.24) is 4.90 Å². The Hall–Kier alpha value is -1.02. The minimum Gasteiger partial charge on any atom is -0.508 e. The van der Waals surface area contributed by atoms with Gasteiger partial charge >= 0.3 is 0 Å². The van der Waals surface area contributed by atoms with E-state index in [9.17, 15) is 5.11 Å². The Morgan fingerprint density at radius 2 is 1.90 bits per heavy atom. The highest BCUT2D eigenvalue weighted by Crippen LogP contribution is 2.44. The van der Waals surface area contributed by atoms with Crippen LogP contribution in [0.4, 0.5) is 0 Å². The summed E-state index contributed by atoms with van der Waals surface area (Å²) in [5, 5.41) is 10.1. The van der Waals surface area contributed by atoms with Crippen molar-refractivity contribution < 1.29 is 5.11 Å². The van der Waals surface area contributed by atoms with Gasteiger partial charge in [-0.05, 0) is 61.8 Å². The van der Waals surface area contributed by atoms with Crippen LogP contribution in [-0.2, 0) is 6.42 Å². The van der Waals surface area contributed by atoms with Crippen LogP contribution >= 0.6 is 0 Å². The number of benzene rings is 1. The molecule has 2 heteroatoms. The molecule has 0 spiro atoms. The molecule has 1 N–H and O–H groups in total. The first-order valence-electron chi connectivity index (χ1n) is 8.88. The van der Waals surface area contributed by atoms with Crippen LogP contribution in [0, 0.1) is 5.92 Å². The highest BCUT2D eigenvalue weighted by atomic mass is 16.3. The molecule has 0 unspecified atom stereocenters. The smallest absolute Gasteiger partial charge is 0.119 e. The van der Waals surface area contributed by atoms with Gasteiger partial charge in [0.15, 0.2) is 0 Å². The third kappa shape index (κ3) is 2.48. The van der Waals surface area contributed by atoms with E-state index < -0.39 is 0 Å². The highest BCUT2D eigenvalue weighted by molar-refractivity contribution is 5.44. The predicted octanol–water partition coefficient (Wildman–Crippen LogP) is 4.08. The molecule has 1 saturated heterocycles. The van der Waals surface area contributed by atoms with Crippen LogP contribution in [0.1, 0.15) is 62.0 Å². The summed E-state index contributed by atoms with van der Waals surface area (Å²) in [7, 11) is 0. The number of aromatic hydroxyl groups is 1. The molecular weight excluding hydrogens is 258 g/mol. The molecule has 3 aliphatic rings. The first-order chi connectivity index (χ1) is 10.3. The van der Waals surface area contributed by atoms with Gasteiger partial charge < -0.3 is 5.11 Å². The van der Waals surface area contributed by atoms with Crippen LogP contribution < -0.4 is 0 Å². The van der Waals surface area contributed by atoms with Crippen molar-refractivity contribution in [2.75, 3.05) is 13.1 Å². The van der Waals surface area contributed by atoms with E-state index in [1.807, 2.05) is 12.1 Å². The fourth-order valence-electron chi connectivity index (χ4n) is 5.10. The van der Waals surface area contributed by atoms with Crippen LogP contribution in [0.2, 0.25) is 0 Å². The van der Waals surface area contributed by atoms with Gasteiger partial charge in [0.25, 0.3) is 0 Å². The molecule has 114 valence electrons. The van der Waals surface area contributed by atoms with Gasteiger partial charge in [0, 0.05) is 18.5 Å². The second kappa shape index (κ2) is 5.64. The van der Waals surface area contributed by atoms with Crippen molar-refractivity contribution in [2.45, 2.75) is 63.3 Å². The zero-order valence-electron chi connectivity index (χ0n) is 12.9. The Kier molecular flexibility index (Phi) is 3.66. The molecule has 2 fully saturated rings. The Labute approximate surface area is 128 Å². The number of phenols is 1. The molecule has 1 saturated carbocycles. The Morgan fingerprint density at radius 1 is 1.05 bits per heavy atom. The van der Waals surface area contributed by atoms with Crippen LogP contribution in [0.3, 0.4) is 0 Å². The predicted molar refractivity (Wildman–Crippen MR) is 85.7 cm³/mol. The number of phenolic OH excluding ortho intramolecular Hbond substituents is 1. The summed E-state index contributed by atoms with van der Waals surface area (Å²) in [6.45, 7) is 2.59. The fraction of sp³-hybridized carbons (Fsp3) is 0.684. The van der Waals surface area contributed by atoms with E-state index in [1.54, 1.807) is 0 Å². The molecule has 2 aliphatic carbocycles. The number of rotatable bonds is 2. The lowest BCUT2D eigenvalue weighted by Gasteiger charge is -2.36. The molecular formula is C19H27NO. The summed E-state index contributed by atoms with van der Waals surface area (Å²) in [5.41, 5.74) is 2.68. The van der Waals surface area contributed by atoms with Crippen LogP contribution in [0.5, 0.6) is 5.75 Å². The minimum absolute atomic E-state index is 0.525. The Bertz CT molecular complexity index is 506. The van der Waals surface area contributed by atoms with Crippen molar-refractivity contribution in [1.29, 1.82) is 0 Å². The molecule has 0 amide bonds. The monoisotopic (exact) mass is 285 g/mol. The Balaban J connectivity index is 1.50. The summed E-state index contributed by atoms with van der Waals surface area (Å²) >= 11 is 0. The number of nitrogens with zero attached hydrogens (tertiary/aromatic N) is 1. The van der Waals surface area contributed by atoms with Gasteiger partial charge in [-0.15, -0.1) is 0 Å². The van der Waals surface area contributed by atoms with Gasteiger partial charge in [0.2, 0.25) is 0 Å². The number of likely N-dealkylation sites (tertiary alicyclic amines) is 1. The maximum Gasteiger partial charge on any atom is 0.119 e. The second-order valence-electron chi connectivity index (χ2n) is 7.35. The van der Waals surface area contributed by atoms with Gasteiger partial charge in [-0.1, -0.05) is 31.4 Å². The molecule has 0 bridgehead atoms. The summed E-state index contributed by atoms with van der Waals surface area (Å²) in [5.74, 6) is 2.14. The van der Waals surface area contributed by atoms with Crippen LogP contribution in [-0.4, -0.2) is 29.1 Å². The van der Waals surface area contributed by atoms with Gasteiger partial charge in [0.05, 0.1) is 0 Å². The first kappa shape index (κ1) is 13.6. The minimum atomic E-state index is 0.525. The number of fused-ring (bicyclic) bond motifs is 3. The molecule has 2 nitrogen and oxygen atoms in total. The standard InChI is InChI=1S/C19H27NO/c21-19-8-4-7-15-16-11-12-20(18(16)10-9-17(15)19)13-14-5-2-1-3-6-14/h4,7-8,14,16,18,21H,1-3,5-6,9-13H2/t16-,18+/m1/s1. The third-order valence-electron chi connectivity index (χ3n) is 6.16. The fourth-order valence-corrected chi connectivity index (χ4v) is 5.10. The van der Waals surface area contributed by atoms with E-state index in [-0.39, 0.29) is 0 Å². The molecule has 0 radical (unpaired) electrons. The molecule has 0 aromatic heterocycles. The average molecular weight is 285 g/mol. The van der Waals surface area contributed by atoms with E-state index in [4.69, 9.17) is 0 Å². The largest absolute Gasteiger partial charge is 0.508 e. The quantitative estimate of drug-likeness (QED) is 0.885. The van der Waals surface area contributed by atoms with E-state index in [0.29, 0.717) is 11.7 Å². The van der Waals surface area contributed by atoms with Gasteiger partial charge in [-0.2, -0.15) is 0 Å². The van der Waals surface area contributed by atoms with Crippen molar-refractivity contribution >= 4 is 0 Å². The van der Waals surface area contributed by atoms with Gasteiger partial charge in [0.1, 0.15) is 5.75 Å². The maximum absolute atomic E-state index is 10.1. The van der Waals surface area contributed by atoms with E-state index in [2.05, 4.69) is 11.0 Å². The normalized spacial score (nSPS) is 30.1. The molecule has 21 heavy (non-hydrogen) atoms. The van der Waals surface area contributed by atoms with E-state index in [1.165, 1.54) is 69.2 Å². The summed E-state index contributed by atoms with van der Waals surface area (Å²) in [4.78, 5) is 2.79. The number of hydrogen-bond acceptors (Lipinski definition) is 2. The first-order valence-corrected chi connectivity index (χ1v) is 8.88. The highest BCUT2D eigenvalue weighted by Gasteiger charge is 2.39. The van der Waals surface area contributed by atoms with Crippen molar-refractivity contribution in [3.05, 3.63) is 29.3 Å². The third-order valence-corrected chi connectivity index (χ3v) is 6.16. The number of hydrogen-bond donors (Lipinski definition) is 1. The van der Waals surface area contributed by atoms with Gasteiger partial charge in [-0.3, -0.25) is 4.90 Å². The molecule has 4 rings (SSSR count). The lowest BCUT2D eigenvalue weighted by molar-refractivity contribution is 0.172. The van der Waals surface area contributed by atoms with E-state index >= 15 is 0 Å². The Morgan fingerprint density at radius 3 is 2.76 bits per heavy atom. The van der Waals surface area contributed by atoms with Crippen molar-refractivity contribution in [3.63, 3.8) is 0 Å². The average Bonchev–Trinajstić information content (AvgIpc) is 2.92. The molecule has 1 aromatic rings. The summed E-state index contributed by atoms with van der Waals surface area (Å²) in [6.07, 6.45) is 10.8. The van der Waals surface area contributed by atoms with Crippen LogP contribution in [0.25, 0.3) is 0 Å². The summed E-state index contributed by atoms with van der Waals surface area (Å²) in [6, 6.07) is 6.88. The zero-order valence-corrected chi connectivity index (χ0v) is 12.9. The molecule has 1 aliphatic heterocycles. The summed E-state index contributed by atoms with van der Waals surface area (Å²) < 4.78 is 0. The zero-order chi connectivity index (χ0) is 14.2. The molecule has 2 atom stereocenters. The van der Waals surface area contributed by atoms with Crippen molar-refractivity contribution in [3.8, 4) is 5.75 Å². The van der Waals surface area contributed by atoms with Crippen molar-refractivity contribution in [2.24, 2.45) is 5.92 Å². The lowest BCUT2D eigenvalue weighted by atomic mass is 9.79.